The van der Waals surface area contributed by atoms with Crippen LogP contribution in [0.15, 0.2) is 36.5 Å². The van der Waals surface area contributed by atoms with E-state index in [2.05, 4.69) is 55.6 Å². The first-order chi connectivity index (χ1) is 32.5. The third-order valence-corrected chi connectivity index (χ3v) is 13.8. The standard InChI is InChI=1S/C60H115NO5/c1-3-5-7-9-11-13-15-17-19-20-21-22-23-24-25-26-27-28-29-30-31-32-33-34-35-36-37-38-39-40-42-44-46-48-50-52-54-58(64)60(66)61-56(55-62)59(65)57(63)53-51-49-47-45-43-41-18-16-14-12-10-8-6-4-2/h16,18,28-29,45,47,56-59,62-65H,3-15,17,19-27,30-44,46,48-55H2,1-2H3,(H,61,66)/b18-16+,29-28-,47-45+. The van der Waals surface area contributed by atoms with E-state index >= 15 is 0 Å². The Labute approximate surface area is 411 Å². The van der Waals surface area contributed by atoms with Gasteiger partial charge in [-0.3, -0.25) is 4.79 Å². The van der Waals surface area contributed by atoms with Gasteiger partial charge < -0.3 is 25.7 Å². The van der Waals surface area contributed by atoms with E-state index in [1.54, 1.807) is 0 Å². The predicted octanol–water partition coefficient (Wildman–Crippen LogP) is 17.2. The maximum absolute atomic E-state index is 12.6. The quantitative estimate of drug-likeness (QED) is 0.0308. The van der Waals surface area contributed by atoms with Gasteiger partial charge in [-0.05, 0) is 77.0 Å². The SMILES string of the molecule is CCCCCCC/C=C/CC/C=C/CCCC(O)C(O)C(CO)NC(=O)C(O)CCCCCCCCCCCCCCCCCC/C=C\CCCCCCCCCCCCCCCCCC. The number of hydrogen-bond acceptors (Lipinski definition) is 5. The molecule has 5 N–H and O–H groups in total. The first-order valence-electron chi connectivity index (χ1n) is 29.4. The summed E-state index contributed by atoms with van der Waals surface area (Å²) in [6, 6.07) is -1.01. The van der Waals surface area contributed by atoms with Crippen LogP contribution in [0.1, 0.15) is 309 Å². The number of hydrogen-bond donors (Lipinski definition) is 5. The van der Waals surface area contributed by atoms with Gasteiger partial charge in [0.1, 0.15) is 12.2 Å². The number of amides is 1. The van der Waals surface area contributed by atoms with E-state index < -0.39 is 36.9 Å². The number of aliphatic hydroxyl groups excluding tert-OH is 4. The van der Waals surface area contributed by atoms with E-state index in [9.17, 15) is 25.2 Å². The second-order valence-corrected chi connectivity index (χ2v) is 20.3. The number of carbonyl (C=O) groups excluding carboxylic acids is 1. The van der Waals surface area contributed by atoms with E-state index in [0.717, 1.165) is 38.5 Å². The highest BCUT2D eigenvalue weighted by Gasteiger charge is 2.28. The number of aliphatic hydroxyl groups is 4. The number of nitrogens with one attached hydrogen (secondary N) is 1. The Morgan fingerprint density at radius 3 is 0.955 bits per heavy atom. The van der Waals surface area contributed by atoms with Gasteiger partial charge in [0.25, 0.3) is 0 Å². The first-order valence-corrected chi connectivity index (χ1v) is 29.4. The largest absolute Gasteiger partial charge is 0.394 e. The van der Waals surface area contributed by atoms with E-state index in [1.165, 1.54) is 238 Å². The van der Waals surface area contributed by atoms with Crippen molar-refractivity contribution in [2.24, 2.45) is 0 Å². The van der Waals surface area contributed by atoms with Gasteiger partial charge in [-0.25, -0.2) is 0 Å². The third-order valence-electron chi connectivity index (χ3n) is 13.8. The van der Waals surface area contributed by atoms with Crippen LogP contribution >= 0.6 is 0 Å². The topological polar surface area (TPSA) is 110 Å². The van der Waals surface area contributed by atoms with Gasteiger partial charge in [-0.2, -0.15) is 0 Å². The monoisotopic (exact) mass is 930 g/mol. The molecule has 0 saturated carbocycles. The van der Waals surface area contributed by atoms with Gasteiger partial charge >= 0.3 is 0 Å². The molecule has 0 heterocycles. The van der Waals surface area contributed by atoms with Crippen LogP contribution in [0.4, 0.5) is 0 Å². The molecule has 4 atom stereocenters. The van der Waals surface area contributed by atoms with Crippen molar-refractivity contribution in [1.82, 2.24) is 5.32 Å². The Kier molecular flexibility index (Phi) is 53.3. The summed E-state index contributed by atoms with van der Waals surface area (Å²) in [4.78, 5) is 12.6. The fraction of sp³-hybridized carbons (Fsp3) is 0.883. The van der Waals surface area contributed by atoms with Crippen LogP contribution in [0.5, 0.6) is 0 Å². The van der Waals surface area contributed by atoms with Crippen molar-refractivity contribution < 1.29 is 25.2 Å². The van der Waals surface area contributed by atoms with Gasteiger partial charge in [0.15, 0.2) is 0 Å². The van der Waals surface area contributed by atoms with Gasteiger partial charge in [0, 0.05) is 0 Å². The Morgan fingerprint density at radius 2 is 0.636 bits per heavy atom. The van der Waals surface area contributed by atoms with Crippen LogP contribution < -0.4 is 5.32 Å². The van der Waals surface area contributed by atoms with Crippen molar-refractivity contribution in [3.63, 3.8) is 0 Å². The zero-order chi connectivity index (χ0) is 48.1. The predicted molar refractivity (Wildman–Crippen MR) is 288 cm³/mol. The minimum absolute atomic E-state index is 0.362. The van der Waals surface area contributed by atoms with Gasteiger partial charge in [0.2, 0.25) is 5.91 Å². The normalized spacial score (nSPS) is 14.0. The van der Waals surface area contributed by atoms with E-state index in [1.807, 2.05) is 0 Å². The molecule has 0 aromatic rings. The Bertz CT molecular complexity index is 1040. The minimum atomic E-state index is -1.29. The maximum Gasteiger partial charge on any atom is 0.249 e. The average molecular weight is 931 g/mol. The maximum atomic E-state index is 12.6. The van der Waals surface area contributed by atoms with Crippen molar-refractivity contribution >= 4 is 5.91 Å². The molecule has 0 saturated heterocycles. The summed E-state index contributed by atoms with van der Waals surface area (Å²) in [6.07, 6.45) is 68.2. The summed E-state index contributed by atoms with van der Waals surface area (Å²) < 4.78 is 0. The molecule has 0 aliphatic carbocycles. The molecule has 0 fully saturated rings. The van der Waals surface area contributed by atoms with Crippen LogP contribution in [-0.4, -0.2) is 57.3 Å². The molecule has 0 aliphatic heterocycles. The number of carbonyl (C=O) groups is 1. The van der Waals surface area contributed by atoms with Crippen LogP contribution in [0.3, 0.4) is 0 Å². The van der Waals surface area contributed by atoms with Crippen LogP contribution in [0.2, 0.25) is 0 Å². The Morgan fingerprint density at radius 1 is 0.364 bits per heavy atom. The molecule has 4 unspecified atom stereocenters. The minimum Gasteiger partial charge on any atom is -0.394 e. The Balaban J connectivity index is 3.54. The lowest BCUT2D eigenvalue weighted by molar-refractivity contribution is -0.132. The van der Waals surface area contributed by atoms with Gasteiger partial charge in [0.05, 0.1) is 18.8 Å². The first kappa shape index (κ1) is 64.5. The molecule has 6 nitrogen and oxygen atoms in total. The number of allylic oxidation sites excluding steroid dienone is 6. The van der Waals surface area contributed by atoms with Crippen molar-refractivity contribution in [3.05, 3.63) is 36.5 Å². The van der Waals surface area contributed by atoms with Gasteiger partial charge in [-0.1, -0.05) is 269 Å². The van der Waals surface area contributed by atoms with Crippen molar-refractivity contribution in [2.45, 2.75) is 334 Å². The molecule has 0 radical (unpaired) electrons. The van der Waals surface area contributed by atoms with Crippen molar-refractivity contribution in [1.29, 1.82) is 0 Å². The summed E-state index contributed by atoms with van der Waals surface area (Å²) in [6.45, 7) is 4.04. The molecule has 0 aromatic heterocycles. The van der Waals surface area contributed by atoms with Crippen molar-refractivity contribution in [3.8, 4) is 0 Å². The zero-order valence-corrected chi connectivity index (χ0v) is 44.2. The highest BCUT2D eigenvalue weighted by atomic mass is 16.3. The summed E-state index contributed by atoms with van der Waals surface area (Å²) in [7, 11) is 0. The molecule has 1 amide bonds. The highest BCUT2D eigenvalue weighted by Crippen LogP contribution is 2.17. The van der Waals surface area contributed by atoms with Crippen LogP contribution in [0, 0.1) is 0 Å². The number of rotatable bonds is 54. The fourth-order valence-corrected chi connectivity index (χ4v) is 9.18. The third kappa shape index (κ3) is 47.6. The summed E-state index contributed by atoms with van der Waals surface area (Å²) in [5.41, 5.74) is 0. The molecule has 0 bridgehead atoms. The molecule has 66 heavy (non-hydrogen) atoms. The number of unbranched alkanes of at least 4 members (excludes halogenated alkanes) is 39. The fourth-order valence-electron chi connectivity index (χ4n) is 9.18. The molecule has 0 spiro atoms. The summed E-state index contributed by atoms with van der Waals surface area (Å²) in [5.74, 6) is -0.595. The van der Waals surface area contributed by atoms with E-state index in [-0.39, 0.29) is 0 Å². The molecule has 0 aromatic carbocycles. The molecular formula is C60H115NO5. The summed E-state index contributed by atoms with van der Waals surface area (Å²) in [5, 5.41) is 43.8. The smallest absolute Gasteiger partial charge is 0.249 e. The van der Waals surface area contributed by atoms with Crippen LogP contribution in [0.25, 0.3) is 0 Å². The van der Waals surface area contributed by atoms with Crippen molar-refractivity contribution in [2.75, 3.05) is 6.61 Å². The lowest BCUT2D eigenvalue weighted by atomic mass is 10.00. The lowest BCUT2D eigenvalue weighted by Gasteiger charge is -2.27. The molecular weight excluding hydrogens is 815 g/mol. The molecule has 6 heteroatoms. The lowest BCUT2D eigenvalue weighted by Crippen LogP contribution is -2.53. The van der Waals surface area contributed by atoms with E-state index in [0.29, 0.717) is 19.3 Å². The summed E-state index contributed by atoms with van der Waals surface area (Å²) >= 11 is 0. The molecule has 390 valence electrons. The van der Waals surface area contributed by atoms with Gasteiger partial charge in [-0.15, -0.1) is 0 Å². The zero-order valence-electron chi connectivity index (χ0n) is 44.2. The van der Waals surface area contributed by atoms with Crippen LogP contribution in [-0.2, 0) is 4.79 Å². The molecule has 0 aliphatic rings. The Hall–Kier alpha value is -1.47. The van der Waals surface area contributed by atoms with E-state index in [4.69, 9.17) is 0 Å². The average Bonchev–Trinajstić information content (AvgIpc) is 3.32. The second kappa shape index (κ2) is 54.5. The molecule has 0 rings (SSSR count). The highest BCUT2D eigenvalue weighted by molar-refractivity contribution is 5.80. The second-order valence-electron chi connectivity index (χ2n) is 20.3.